The Morgan fingerprint density at radius 2 is 1.81 bits per heavy atom. The molecular formula is C13H21N3O4S. The van der Waals surface area contributed by atoms with Crippen molar-refractivity contribution in [3.05, 3.63) is 18.0 Å². The minimum Gasteiger partial charge on any atom is -0.468 e. The van der Waals surface area contributed by atoms with E-state index >= 15 is 0 Å². The quantitative estimate of drug-likeness (QED) is 0.845. The van der Waals surface area contributed by atoms with Crippen LogP contribution >= 0.6 is 0 Å². The van der Waals surface area contributed by atoms with Crippen molar-refractivity contribution < 1.29 is 17.9 Å². The molecule has 1 aromatic heterocycles. The van der Waals surface area contributed by atoms with Crippen LogP contribution in [0.5, 0.6) is 0 Å². The van der Waals surface area contributed by atoms with Crippen molar-refractivity contribution in [2.45, 2.75) is 44.8 Å². The van der Waals surface area contributed by atoms with Gasteiger partial charge in [-0.25, -0.2) is 18.4 Å². The van der Waals surface area contributed by atoms with Crippen molar-refractivity contribution >= 4 is 21.9 Å². The van der Waals surface area contributed by atoms with E-state index in [-0.39, 0.29) is 5.95 Å². The van der Waals surface area contributed by atoms with Crippen LogP contribution in [-0.4, -0.2) is 36.2 Å². The van der Waals surface area contributed by atoms with Crippen LogP contribution in [0, 0.1) is 0 Å². The smallest absolute Gasteiger partial charge is 0.317 e. The molecule has 0 unspecified atom stereocenters. The number of carbonyl (C=O) groups excluding carboxylic acids is 1. The van der Waals surface area contributed by atoms with E-state index in [1.807, 2.05) is 0 Å². The molecule has 21 heavy (non-hydrogen) atoms. The number of sulfonamides is 1. The first-order valence-electron chi connectivity index (χ1n) is 6.36. The van der Waals surface area contributed by atoms with Crippen LogP contribution in [0.25, 0.3) is 0 Å². The lowest BCUT2D eigenvalue weighted by molar-refractivity contribution is -0.146. The van der Waals surface area contributed by atoms with E-state index in [4.69, 9.17) is 4.74 Å². The Morgan fingerprint density at radius 3 is 2.29 bits per heavy atom. The van der Waals surface area contributed by atoms with Gasteiger partial charge in [0.05, 0.1) is 17.6 Å². The fourth-order valence-corrected chi connectivity index (χ4v) is 2.03. The molecule has 0 aliphatic rings. The third kappa shape index (κ3) is 3.69. The summed E-state index contributed by atoms with van der Waals surface area (Å²) in [5.74, 6) is -0.537. The van der Waals surface area contributed by atoms with Crippen molar-refractivity contribution in [2.75, 3.05) is 11.8 Å². The Labute approximate surface area is 125 Å². The van der Waals surface area contributed by atoms with Crippen LogP contribution in [0.15, 0.2) is 12.3 Å². The summed E-state index contributed by atoms with van der Waals surface area (Å²) in [5, 5.41) is 0. The fraction of sp³-hybridized carbons (Fsp3) is 0.615. The monoisotopic (exact) mass is 315 g/mol. The minimum atomic E-state index is -3.63. The lowest BCUT2D eigenvalue weighted by Crippen LogP contribution is -2.35. The lowest BCUT2D eigenvalue weighted by Gasteiger charge is -2.22. The first-order chi connectivity index (χ1) is 9.41. The number of rotatable bonds is 4. The molecule has 0 radical (unpaired) electrons. The molecule has 1 aromatic rings. The summed E-state index contributed by atoms with van der Waals surface area (Å²) in [7, 11) is -2.34. The van der Waals surface area contributed by atoms with Gasteiger partial charge in [-0.15, -0.1) is 0 Å². The van der Waals surface area contributed by atoms with Crippen molar-refractivity contribution in [3.63, 3.8) is 0 Å². The molecule has 0 saturated heterocycles. The molecule has 0 spiro atoms. The summed E-state index contributed by atoms with van der Waals surface area (Å²) in [5.41, 5.74) is -0.629. The van der Waals surface area contributed by atoms with Gasteiger partial charge in [0.1, 0.15) is 5.41 Å². The molecule has 0 aliphatic carbocycles. The fourth-order valence-electron chi connectivity index (χ4n) is 1.39. The van der Waals surface area contributed by atoms with Crippen LogP contribution in [0.4, 0.5) is 5.95 Å². The van der Waals surface area contributed by atoms with Crippen molar-refractivity contribution in [2.24, 2.45) is 0 Å². The largest absolute Gasteiger partial charge is 0.468 e. The predicted molar refractivity (Wildman–Crippen MR) is 79.4 cm³/mol. The predicted octanol–water partition coefficient (Wildman–Crippen LogP) is 1.47. The standard InChI is InChI=1S/C13H21N3O4S/c1-12(2,3)21(18,19)16-11-14-8-7-9(15-11)13(4,5)10(17)20-6/h7-8H,1-6H3,(H,14,15,16). The molecule has 0 saturated carbocycles. The summed E-state index contributed by atoms with van der Waals surface area (Å²) >= 11 is 0. The second-order valence-electron chi connectivity index (χ2n) is 6.10. The third-order valence-electron chi connectivity index (χ3n) is 3.02. The van der Waals surface area contributed by atoms with Gasteiger partial charge in [0.15, 0.2) is 0 Å². The molecule has 7 nitrogen and oxygen atoms in total. The number of hydrogen-bond donors (Lipinski definition) is 1. The van der Waals surface area contributed by atoms with Gasteiger partial charge in [0, 0.05) is 6.20 Å². The second kappa shape index (κ2) is 5.59. The number of anilines is 1. The van der Waals surface area contributed by atoms with Gasteiger partial charge in [-0.2, -0.15) is 0 Å². The van der Waals surface area contributed by atoms with E-state index < -0.39 is 26.2 Å². The molecule has 0 amide bonds. The van der Waals surface area contributed by atoms with Crippen molar-refractivity contribution in [1.82, 2.24) is 9.97 Å². The van der Waals surface area contributed by atoms with Crippen molar-refractivity contribution in [1.29, 1.82) is 0 Å². The van der Waals surface area contributed by atoms with Crippen molar-refractivity contribution in [3.8, 4) is 0 Å². The molecular weight excluding hydrogens is 294 g/mol. The summed E-state index contributed by atoms with van der Waals surface area (Å²) in [6, 6.07) is 1.55. The van der Waals surface area contributed by atoms with Crippen LogP contribution in [-0.2, 0) is 25.0 Å². The van der Waals surface area contributed by atoms with Gasteiger partial charge >= 0.3 is 5.97 Å². The Morgan fingerprint density at radius 1 is 1.24 bits per heavy atom. The summed E-state index contributed by atoms with van der Waals surface area (Å²) < 4.78 is 30.2. The van der Waals surface area contributed by atoms with Gasteiger partial charge in [-0.05, 0) is 40.7 Å². The summed E-state index contributed by atoms with van der Waals surface area (Å²) in [4.78, 5) is 19.8. The van der Waals surface area contributed by atoms with Gasteiger partial charge in [-0.1, -0.05) is 0 Å². The zero-order valence-electron chi connectivity index (χ0n) is 13.1. The Hall–Kier alpha value is -1.70. The normalized spacial score (nSPS) is 12.9. The molecule has 118 valence electrons. The van der Waals surface area contributed by atoms with Gasteiger partial charge in [0.2, 0.25) is 16.0 Å². The minimum absolute atomic E-state index is 0.0700. The van der Waals surface area contributed by atoms with E-state index in [2.05, 4.69) is 14.7 Å². The highest BCUT2D eigenvalue weighted by Crippen LogP contribution is 2.24. The zero-order valence-corrected chi connectivity index (χ0v) is 13.9. The Bertz CT molecular complexity index is 633. The highest BCUT2D eigenvalue weighted by atomic mass is 32.2. The van der Waals surface area contributed by atoms with Gasteiger partial charge < -0.3 is 4.74 Å². The number of nitrogens with zero attached hydrogens (tertiary/aromatic N) is 2. The molecule has 0 aromatic carbocycles. The molecule has 0 atom stereocenters. The van der Waals surface area contributed by atoms with E-state index in [1.54, 1.807) is 40.7 Å². The van der Waals surface area contributed by atoms with E-state index in [0.29, 0.717) is 5.69 Å². The molecule has 1 N–H and O–H groups in total. The van der Waals surface area contributed by atoms with E-state index in [0.717, 1.165) is 0 Å². The van der Waals surface area contributed by atoms with E-state index in [1.165, 1.54) is 13.3 Å². The van der Waals surface area contributed by atoms with Crippen LogP contribution in [0.3, 0.4) is 0 Å². The summed E-state index contributed by atoms with van der Waals surface area (Å²) in [6.45, 7) is 7.99. The van der Waals surface area contributed by atoms with Crippen LogP contribution in [0.1, 0.15) is 40.3 Å². The number of hydrogen-bond acceptors (Lipinski definition) is 6. The van der Waals surface area contributed by atoms with Gasteiger partial charge in [-0.3, -0.25) is 9.52 Å². The lowest BCUT2D eigenvalue weighted by atomic mass is 9.89. The maximum absolute atomic E-state index is 12.1. The van der Waals surface area contributed by atoms with Crippen LogP contribution in [0.2, 0.25) is 0 Å². The zero-order chi connectivity index (χ0) is 16.5. The SMILES string of the molecule is COC(=O)C(C)(C)c1ccnc(NS(=O)(=O)C(C)(C)C)n1. The third-order valence-corrected chi connectivity index (χ3v) is 5.09. The Balaban J connectivity index is 3.17. The second-order valence-corrected chi connectivity index (χ2v) is 8.54. The number of carbonyl (C=O) groups is 1. The molecule has 0 bridgehead atoms. The summed E-state index contributed by atoms with van der Waals surface area (Å²) in [6.07, 6.45) is 1.40. The number of nitrogens with one attached hydrogen (secondary N) is 1. The number of methoxy groups -OCH3 is 1. The molecule has 0 aliphatic heterocycles. The maximum atomic E-state index is 12.1. The number of ether oxygens (including phenoxy) is 1. The highest BCUT2D eigenvalue weighted by Gasteiger charge is 2.34. The average Bonchev–Trinajstić information content (AvgIpc) is 2.36. The first kappa shape index (κ1) is 17.4. The topological polar surface area (TPSA) is 98.2 Å². The number of esters is 1. The maximum Gasteiger partial charge on any atom is 0.317 e. The Kier molecular flexibility index (Phi) is 4.62. The van der Waals surface area contributed by atoms with E-state index in [9.17, 15) is 13.2 Å². The first-order valence-corrected chi connectivity index (χ1v) is 7.84. The molecule has 1 heterocycles. The molecule has 0 fully saturated rings. The molecule has 1 rings (SSSR count). The average molecular weight is 315 g/mol. The highest BCUT2D eigenvalue weighted by molar-refractivity contribution is 7.94. The molecule has 8 heteroatoms. The van der Waals surface area contributed by atoms with Crippen LogP contribution < -0.4 is 4.72 Å². The number of aromatic nitrogens is 2. The van der Waals surface area contributed by atoms with Gasteiger partial charge in [0.25, 0.3) is 0 Å².